The molecule has 1 aliphatic heterocycles. The number of benzene rings is 1. The number of rotatable bonds is 5. The van der Waals surface area contributed by atoms with E-state index in [1.807, 2.05) is 0 Å². The van der Waals surface area contributed by atoms with Crippen molar-refractivity contribution in [2.75, 3.05) is 13.1 Å². The Kier molecular flexibility index (Phi) is 6.79. The minimum atomic E-state index is -4.46. The molecule has 0 radical (unpaired) electrons. The van der Waals surface area contributed by atoms with Crippen LogP contribution in [0, 0.1) is 17.2 Å². The average molecular weight is 496 g/mol. The Labute approximate surface area is 204 Å². The average Bonchev–Trinajstić information content (AvgIpc) is 3.29. The number of nitriles is 1. The number of nitrogens with zero attached hydrogens (tertiary/aromatic N) is 4. The van der Waals surface area contributed by atoms with E-state index in [2.05, 4.69) is 32.9 Å². The summed E-state index contributed by atoms with van der Waals surface area (Å²) in [4.78, 5) is 39.4. The van der Waals surface area contributed by atoms with Crippen LogP contribution in [0.2, 0.25) is 0 Å². The van der Waals surface area contributed by atoms with Gasteiger partial charge in [0.05, 0.1) is 29.1 Å². The van der Waals surface area contributed by atoms with Crippen molar-refractivity contribution in [1.82, 2.24) is 25.2 Å². The predicted octanol–water partition coefficient (Wildman–Crippen LogP) is 4.08. The van der Waals surface area contributed by atoms with Crippen molar-refractivity contribution in [3.63, 3.8) is 0 Å². The molecule has 1 aromatic carbocycles. The topological polar surface area (TPSA) is 115 Å². The molecule has 2 aromatic heterocycles. The largest absolute Gasteiger partial charge is 0.416 e. The Balaban J connectivity index is 1.56. The Morgan fingerprint density at radius 2 is 1.92 bits per heavy atom. The molecule has 4 rings (SSSR count). The lowest BCUT2D eigenvalue weighted by atomic mass is 9.97. The van der Waals surface area contributed by atoms with Gasteiger partial charge < -0.3 is 15.2 Å². The van der Waals surface area contributed by atoms with Gasteiger partial charge in [0.2, 0.25) is 5.91 Å². The van der Waals surface area contributed by atoms with Crippen LogP contribution in [0.15, 0.2) is 48.8 Å². The van der Waals surface area contributed by atoms with Crippen LogP contribution in [0.25, 0.3) is 22.4 Å². The van der Waals surface area contributed by atoms with Gasteiger partial charge in [0.15, 0.2) is 5.65 Å². The first kappa shape index (κ1) is 24.9. The third kappa shape index (κ3) is 5.07. The molecule has 11 heteroatoms. The minimum Gasteiger partial charge on any atom is -0.344 e. The predicted molar refractivity (Wildman–Crippen MR) is 125 cm³/mol. The van der Waals surface area contributed by atoms with E-state index in [4.69, 9.17) is 5.26 Å². The maximum absolute atomic E-state index is 13.1. The minimum absolute atomic E-state index is 0.0874. The maximum atomic E-state index is 13.1. The molecule has 0 spiro atoms. The van der Waals surface area contributed by atoms with Crippen LogP contribution in [0.5, 0.6) is 0 Å². The van der Waals surface area contributed by atoms with Gasteiger partial charge in [0.1, 0.15) is 11.6 Å². The van der Waals surface area contributed by atoms with Gasteiger partial charge >= 0.3 is 6.18 Å². The number of carbonyl (C=O) groups is 2. The van der Waals surface area contributed by atoms with E-state index < -0.39 is 23.7 Å². The van der Waals surface area contributed by atoms with Gasteiger partial charge in [-0.05, 0) is 37.5 Å². The number of piperidine rings is 1. The number of H-pyrrole nitrogens is 1. The van der Waals surface area contributed by atoms with E-state index in [9.17, 15) is 22.8 Å². The Morgan fingerprint density at radius 1 is 1.25 bits per heavy atom. The fraction of sp³-hybridized carbons (Fsp3) is 0.320. The fourth-order valence-electron chi connectivity index (χ4n) is 4.05. The molecule has 0 bridgehead atoms. The number of carbonyl (C=O) groups excluding carboxylic acids is 2. The van der Waals surface area contributed by atoms with Gasteiger partial charge in [-0.25, -0.2) is 9.97 Å². The van der Waals surface area contributed by atoms with Crippen LogP contribution in [-0.2, 0) is 11.0 Å². The van der Waals surface area contributed by atoms with E-state index in [-0.39, 0.29) is 28.6 Å². The molecule has 1 aliphatic rings. The molecule has 8 nitrogen and oxygen atoms in total. The van der Waals surface area contributed by atoms with Crippen molar-refractivity contribution in [2.45, 2.75) is 32.0 Å². The second-order valence-electron chi connectivity index (χ2n) is 8.71. The van der Waals surface area contributed by atoms with Gasteiger partial charge in [-0.2, -0.15) is 18.4 Å². The number of fused-ring (bicyclic) bond motifs is 1. The van der Waals surface area contributed by atoms with Crippen LogP contribution >= 0.6 is 0 Å². The third-order valence-corrected chi connectivity index (χ3v) is 6.14. The number of hydrogen-bond acceptors (Lipinski definition) is 5. The van der Waals surface area contributed by atoms with Crippen LogP contribution in [0.3, 0.4) is 0 Å². The van der Waals surface area contributed by atoms with Crippen molar-refractivity contribution >= 4 is 23.0 Å². The van der Waals surface area contributed by atoms with E-state index in [0.717, 1.165) is 12.1 Å². The molecule has 0 unspecified atom stereocenters. The summed E-state index contributed by atoms with van der Waals surface area (Å²) in [6, 6.07) is 5.73. The number of aromatic amines is 1. The summed E-state index contributed by atoms with van der Waals surface area (Å²) < 4.78 is 38.6. The standard InChI is InChI=1S/C25H23F3N6O2/c1-14(2)20(24(36)34-9-7-15(11-29)8-10-34)33-23(35)18-12-30-22-21(18)32-19(13-31-22)16-3-5-17(6-4-16)25(26,27)28/h3-6,12-13,15,20H,1,7-10H2,2H3,(H,30,31)(H,33,35)/t20-/m1/s1. The molecule has 3 aromatic rings. The zero-order valence-electron chi connectivity index (χ0n) is 19.4. The molecule has 0 saturated carbocycles. The number of likely N-dealkylation sites (tertiary alicyclic amines) is 1. The second kappa shape index (κ2) is 9.81. The Morgan fingerprint density at radius 3 is 2.50 bits per heavy atom. The summed E-state index contributed by atoms with van der Waals surface area (Å²) in [6.45, 7) is 6.33. The zero-order chi connectivity index (χ0) is 26.0. The first-order valence-corrected chi connectivity index (χ1v) is 11.2. The summed E-state index contributed by atoms with van der Waals surface area (Å²) in [7, 11) is 0. The van der Waals surface area contributed by atoms with E-state index >= 15 is 0 Å². The van der Waals surface area contributed by atoms with Crippen molar-refractivity contribution in [1.29, 1.82) is 5.26 Å². The summed E-state index contributed by atoms with van der Waals surface area (Å²) in [5, 5.41) is 11.8. The number of halogens is 3. The number of hydrogen-bond donors (Lipinski definition) is 2. The summed E-state index contributed by atoms with van der Waals surface area (Å²) >= 11 is 0. The summed E-state index contributed by atoms with van der Waals surface area (Å²) in [5.41, 5.74) is 1.02. The van der Waals surface area contributed by atoms with Crippen molar-refractivity contribution in [3.05, 3.63) is 59.9 Å². The monoisotopic (exact) mass is 496 g/mol. The molecule has 1 saturated heterocycles. The van der Waals surface area contributed by atoms with Gasteiger partial charge in [0.25, 0.3) is 5.91 Å². The third-order valence-electron chi connectivity index (χ3n) is 6.14. The number of nitrogens with one attached hydrogen (secondary N) is 2. The molecule has 186 valence electrons. The molecular formula is C25H23F3N6O2. The highest BCUT2D eigenvalue weighted by Crippen LogP contribution is 2.31. The number of aromatic nitrogens is 3. The highest BCUT2D eigenvalue weighted by Gasteiger charge is 2.31. The zero-order valence-corrected chi connectivity index (χ0v) is 19.4. The highest BCUT2D eigenvalue weighted by molar-refractivity contribution is 6.06. The molecule has 1 atom stereocenters. The van der Waals surface area contributed by atoms with Crippen LogP contribution in [0.4, 0.5) is 13.2 Å². The van der Waals surface area contributed by atoms with Gasteiger partial charge in [-0.3, -0.25) is 9.59 Å². The lowest BCUT2D eigenvalue weighted by Gasteiger charge is -2.32. The number of alkyl halides is 3. The molecular weight excluding hydrogens is 473 g/mol. The van der Waals surface area contributed by atoms with Gasteiger partial charge in [-0.15, -0.1) is 0 Å². The maximum Gasteiger partial charge on any atom is 0.416 e. The van der Waals surface area contributed by atoms with E-state index in [1.165, 1.54) is 24.5 Å². The quantitative estimate of drug-likeness (QED) is 0.517. The first-order chi connectivity index (χ1) is 17.1. The Bertz CT molecular complexity index is 1350. The molecule has 2 amide bonds. The first-order valence-electron chi connectivity index (χ1n) is 11.2. The Hall–Kier alpha value is -4.20. The fourth-order valence-corrected chi connectivity index (χ4v) is 4.05. The van der Waals surface area contributed by atoms with Crippen molar-refractivity contribution in [3.8, 4) is 17.3 Å². The molecule has 0 aliphatic carbocycles. The van der Waals surface area contributed by atoms with E-state index in [1.54, 1.807) is 11.8 Å². The van der Waals surface area contributed by atoms with E-state index in [0.29, 0.717) is 42.7 Å². The van der Waals surface area contributed by atoms with Crippen molar-refractivity contribution in [2.24, 2.45) is 5.92 Å². The second-order valence-corrected chi connectivity index (χ2v) is 8.71. The molecule has 3 heterocycles. The lowest BCUT2D eigenvalue weighted by Crippen LogP contribution is -2.51. The summed E-state index contributed by atoms with van der Waals surface area (Å²) in [5.74, 6) is -0.965. The van der Waals surface area contributed by atoms with Crippen LogP contribution < -0.4 is 5.32 Å². The molecule has 36 heavy (non-hydrogen) atoms. The smallest absolute Gasteiger partial charge is 0.344 e. The molecule has 2 N–H and O–H groups in total. The highest BCUT2D eigenvalue weighted by atomic mass is 19.4. The lowest BCUT2D eigenvalue weighted by molar-refractivity contribution is -0.137. The van der Waals surface area contributed by atoms with Crippen LogP contribution in [0.1, 0.15) is 35.7 Å². The SMILES string of the molecule is C=C(C)[C@@H](NC(=O)c1c[nH]c2ncc(-c3ccc(C(F)(F)F)cc3)nc12)C(=O)N1CCC(C#N)CC1. The van der Waals surface area contributed by atoms with Crippen molar-refractivity contribution < 1.29 is 22.8 Å². The molecule has 1 fully saturated rings. The number of amides is 2. The summed E-state index contributed by atoms with van der Waals surface area (Å²) in [6.07, 6.45) is -0.500. The van der Waals surface area contributed by atoms with Gasteiger partial charge in [-0.1, -0.05) is 18.7 Å². The van der Waals surface area contributed by atoms with Gasteiger partial charge in [0, 0.05) is 30.8 Å². The normalized spacial score (nSPS) is 15.4. The van der Waals surface area contributed by atoms with Crippen LogP contribution in [-0.4, -0.2) is 50.8 Å².